The van der Waals surface area contributed by atoms with E-state index < -0.39 is 17.6 Å². The molecule has 0 spiro atoms. The second-order valence-electron chi connectivity index (χ2n) is 5.58. The van der Waals surface area contributed by atoms with Crippen LogP contribution < -0.4 is 10.9 Å². The van der Waals surface area contributed by atoms with Crippen LogP contribution in [-0.4, -0.2) is 11.8 Å². The van der Waals surface area contributed by atoms with E-state index in [1.54, 1.807) is 12.1 Å². The van der Waals surface area contributed by atoms with E-state index in [-0.39, 0.29) is 5.56 Å². The quantitative estimate of drug-likeness (QED) is 0.838. The molecule has 0 saturated heterocycles. The van der Waals surface area contributed by atoms with Crippen LogP contribution >= 0.6 is 0 Å². The van der Waals surface area contributed by atoms with Crippen LogP contribution in [0.5, 0.6) is 0 Å². The third-order valence-electron chi connectivity index (χ3n) is 4.02. The van der Waals surface area contributed by atoms with E-state index in [9.17, 15) is 14.0 Å². The maximum absolute atomic E-state index is 13.5. The zero-order valence-corrected chi connectivity index (χ0v) is 12.6. The van der Waals surface area contributed by atoms with E-state index in [0.717, 1.165) is 19.3 Å². The van der Waals surface area contributed by atoms with Crippen LogP contribution in [0.1, 0.15) is 44.7 Å². The molecule has 0 fully saturated rings. The van der Waals surface area contributed by atoms with Gasteiger partial charge in [-0.2, -0.15) is 0 Å². The average Bonchev–Trinajstić information content (AvgIpc) is 2.59. The fraction of sp³-hybridized carbons (Fsp3) is 0.222. The van der Waals surface area contributed by atoms with Gasteiger partial charge in [0, 0.05) is 5.56 Å². The van der Waals surface area contributed by atoms with Crippen LogP contribution in [0.25, 0.3) is 0 Å². The summed E-state index contributed by atoms with van der Waals surface area (Å²) in [6.45, 7) is 0. The van der Waals surface area contributed by atoms with Crippen molar-refractivity contribution in [2.45, 2.75) is 25.7 Å². The van der Waals surface area contributed by atoms with Gasteiger partial charge < -0.3 is 0 Å². The fourth-order valence-electron chi connectivity index (χ4n) is 2.77. The van der Waals surface area contributed by atoms with Crippen molar-refractivity contribution in [1.82, 2.24) is 10.9 Å². The molecule has 1 aliphatic carbocycles. The molecule has 2 aromatic rings. The van der Waals surface area contributed by atoms with E-state index in [0.29, 0.717) is 5.56 Å². The SMILES string of the molecule is O=C(NNC(=O)c1ccccc1F)c1ccc2c(c1)CCCC2. The molecule has 2 amide bonds. The molecule has 2 N–H and O–H groups in total. The van der Waals surface area contributed by atoms with Gasteiger partial charge in [-0.15, -0.1) is 0 Å². The maximum atomic E-state index is 13.5. The van der Waals surface area contributed by atoms with Crippen LogP contribution in [0, 0.1) is 5.82 Å². The Labute approximate surface area is 133 Å². The summed E-state index contributed by atoms with van der Waals surface area (Å²) >= 11 is 0. The molecule has 0 aliphatic heterocycles. The number of benzene rings is 2. The first-order valence-electron chi connectivity index (χ1n) is 7.62. The molecular formula is C18H17FN2O2. The summed E-state index contributed by atoms with van der Waals surface area (Å²) in [6.07, 6.45) is 4.32. The van der Waals surface area contributed by atoms with Crippen molar-refractivity contribution in [2.75, 3.05) is 0 Å². The molecule has 1 aliphatic rings. The number of rotatable bonds is 2. The van der Waals surface area contributed by atoms with Crippen molar-refractivity contribution in [3.8, 4) is 0 Å². The molecule has 0 atom stereocenters. The number of carbonyl (C=O) groups excluding carboxylic acids is 2. The molecule has 0 unspecified atom stereocenters. The maximum Gasteiger partial charge on any atom is 0.272 e. The van der Waals surface area contributed by atoms with Gasteiger partial charge in [-0.1, -0.05) is 18.2 Å². The topological polar surface area (TPSA) is 58.2 Å². The summed E-state index contributed by atoms with van der Waals surface area (Å²) in [6, 6.07) is 11.2. The predicted octanol–water partition coefficient (Wildman–Crippen LogP) is 2.78. The number of hydrazine groups is 1. The number of fused-ring (bicyclic) bond motifs is 1. The summed E-state index contributed by atoms with van der Waals surface area (Å²) in [5, 5.41) is 0. The van der Waals surface area contributed by atoms with Gasteiger partial charge >= 0.3 is 0 Å². The first kappa shape index (κ1) is 15.2. The highest BCUT2D eigenvalue weighted by molar-refractivity contribution is 5.99. The molecular weight excluding hydrogens is 295 g/mol. The third kappa shape index (κ3) is 3.39. The number of aryl methyl sites for hydroxylation is 2. The predicted molar refractivity (Wildman–Crippen MR) is 84.4 cm³/mol. The van der Waals surface area contributed by atoms with E-state index in [1.165, 1.54) is 35.7 Å². The molecule has 0 saturated carbocycles. The summed E-state index contributed by atoms with van der Waals surface area (Å²) in [5.74, 6) is -1.73. The van der Waals surface area contributed by atoms with Gasteiger partial charge in [0.15, 0.2) is 0 Å². The van der Waals surface area contributed by atoms with Gasteiger partial charge in [-0.25, -0.2) is 4.39 Å². The lowest BCUT2D eigenvalue weighted by Crippen LogP contribution is -2.42. The smallest absolute Gasteiger partial charge is 0.267 e. The minimum Gasteiger partial charge on any atom is -0.267 e. The average molecular weight is 312 g/mol. The molecule has 5 heteroatoms. The summed E-state index contributed by atoms with van der Waals surface area (Å²) in [7, 11) is 0. The van der Waals surface area contributed by atoms with Crippen molar-refractivity contribution in [2.24, 2.45) is 0 Å². The molecule has 0 heterocycles. The molecule has 3 rings (SSSR count). The first-order chi connectivity index (χ1) is 11.1. The molecule has 0 bridgehead atoms. The highest BCUT2D eigenvalue weighted by Gasteiger charge is 2.15. The first-order valence-corrected chi connectivity index (χ1v) is 7.62. The zero-order chi connectivity index (χ0) is 16.2. The van der Waals surface area contributed by atoms with Gasteiger partial charge in [0.05, 0.1) is 5.56 Å². The third-order valence-corrected chi connectivity index (χ3v) is 4.02. The summed E-state index contributed by atoms with van der Waals surface area (Å²) in [4.78, 5) is 24.0. The van der Waals surface area contributed by atoms with E-state index in [1.807, 2.05) is 12.1 Å². The van der Waals surface area contributed by atoms with Crippen LogP contribution in [-0.2, 0) is 12.8 Å². The second kappa shape index (κ2) is 6.60. The minimum absolute atomic E-state index is 0.113. The molecule has 23 heavy (non-hydrogen) atoms. The van der Waals surface area contributed by atoms with Crippen molar-refractivity contribution in [3.63, 3.8) is 0 Å². The van der Waals surface area contributed by atoms with Crippen molar-refractivity contribution in [1.29, 1.82) is 0 Å². The largest absolute Gasteiger partial charge is 0.272 e. The molecule has 4 nitrogen and oxygen atoms in total. The lowest BCUT2D eigenvalue weighted by Gasteiger charge is -2.16. The number of carbonyl (C=O) groups is 2. The van der Waals surface area contributed by atoms with E-state index >= 15 is 0 Å². The van der Waals surface area contributed by atoms with Crippen LogP contribution in [0.3, 0.4) is 0 Å². The number of amides is 2. The number of halogens is 1. The van der Waals surface area contributed by atoms with Crippen molar-refractivity contribution in [3.05, 3.63) is 70.5 Å². The van der Waals surface area contributed by atoms with Gasteiger partial charge in [-0.3, -0.25) is 20.4 Å². The molecule has 118 valence electrons. The molecule has 0 aromatic heterocycles. The zero-order valence-electron chi connectivity index (χ0n) is 12.6. The minimum atomic E-state index is -0.686. The normalized spacial score (nSPS) is 13.1. The number of hydrogen-bond donors (Lipinski definition) is 2. The van der Waals surface area contributed by atoms with Crippen LogP contribution in [0.2, 0.25) is 0 Å². The highest BCUT2D eigenvalue weighted by Crippen LogP contribution is 2.22. The summed E-state index contributed by atoms with van der Waals surface area (Å²) < 4.78 is 13.5. The monoisotopic (exact) mass is 312 g/mol. The molecule has 2 aromatic carbocycles. The number of hydrogen-bond acceptors (Lipinski definition) is 2. The summed E-state index contributed by atoms with van der Waals surface area (Å²) in [5.41, 5.74) is 7.40. The Bertz CT molecular complexity index is 758. The van der Waals surface area contributed by atoms with Crippen molar-refractivity contribution < 1.29 is 14.0 Å². The van der Waals surface area contributed by atoms with Crippen LogP contribution in [0.15, 0.2) is 42.5 Å². The van der Waals surface area contributed by atoms with Gasteiger partial charge in [-0.05, 0) is 61.1 Å². The Morgan fingerprint density at radius 2 is 1.57 bits per heavy atom. The van der Waals surface area contributed by atoms with Gasteiger partial charge in [0.25, 0.3) is 11.8 Å². The van der Waals surface area contributed by atoms with Crippen molar-refractivity contribution >= 4 is 11.8 Å². The standard InChI is InChI=1S/C18H17FN2O2/c19-16-8-4-3-7-15(16)18(23)21-20-17(22)14-10-9-12-5-1-2-6-13(12)11-14/h3-4,7-11H,1-2,5-6H2,(H,20,22)(H,21,23). The number of nitrogens with one attached hydrogen (secondary N) is 2. The second-order valence-corrected chi connectivity index (χ2v) is 5.58. The van der Waals surface area contributed by atoms with E-state index in [4.69, 9.17) is 0 Å². The lowest BCUT2D eigenvalue weighted by atomic mass is 9.90. The molecule has 0 radical (unpaired) electrons. The van der Waals surface area contributed by atoms with E-state index in [2.05, 4.69) is 10.9 Å². The Morgan fingerprint density at radius 1 is 0.870 bits per heavy atom. The Kier molecular flexibility index (Phi) is 4.37. The fourth-order valence-corrected chi connectivity index (χ4v) is 2.77. The van der Waals surface area contributed by atoms with Crippen LogP contribution in [0.4, 0.5) is 4.39 Å². The highest BCUT2D eigenvalue weighted by atomic mass is 19.1. The Hall–Kier alpha value is -2.69. The lowest BCUT2D eigenvalue weighted by molar-refractivity contribution is 0.0844. The Morgan fingerprint density at radius 3 is 2.35 bits per heavy atom. The van der Waals surface area contributed by atoms with Gasteiger partial charge in [0.2, 0.25) is 0 Å². The Balaban J connectivity index is 1.66. The van der Waals surface area contributed by atoms with Gasteiger partial charge in [0.1, 0.15) is 5.82 Å².